The Hall–Kier alpha value is -1.94. The highest BCUT2D eigenvalue weighted by atomic mass is 16.3. The summed E-state index contributed by atoms with van der Waals surface area (Å²) in [5, 5.41) is 8.61. The second kappa shape index (κ2) is 4.28. The number of aliphatic hydroxyl groups excluding tert-OH is 1. The first kappa shape index (κ1) is 10.6. The van der Waals surface area contributed by atoms with Gasteiger partial charge in [0.15, 0.2) is 0 Å². The van der Waals surface area contributed by atoms with Crippen LogP contribution in [0.15, 0.2) is 36.5 Å². The molecule has 1 aliphatic rings. The monoisotopic (exact) mass is 217 g/mol. The number of fused-ring (bicyclic) bond motifs is 1. The van der Waals surface area contributed by atoms with Crippen molar-refractivity contribution < 1.29 is 14.7 Å². The first-order valence-corrected chi connectivity index (χ1v) is 5.00. The molecule has 0 aromatic heterocycles. The standard InChI is InChI=1S/C12H11NO3/c14-8-4-3-7-13-11(15)9-5-1-2-6-10(9)12(13)16/h1-3,5-7,14H,4,8H2/b7-3-. The minimum atomic E-state index is -0.310. The van der Waals surface area contributed by atoms with Crippen LogP contribution >= 0.6 is 0 Å². The summed E-state index contributed by atoms with van der Waals surface area (Å²) in [6.45, 7) is -0.000328. The summed E-state index contributed by atoms with van der Waals surface area (Å²) in [5.74, 6) is -0.621. The summed E-state index contributed by atoms with van der Waals surface area (Å²) in [6, 6.07) is 6.72. The number of nitrogens with zero attached hydrogens (tertiary/aromatic N) is 1. The number of imide groups is 1. The van der Waals surface area contributed by atoms with Crippen LogP contribution < -0.4 is 0 Å². The molecule has 1 N–H and O–H groups in total. The molecule has 0 spiro atoms. The van der Waals surface area contributed by atoms with Crippen molar-refractivity contribution in [2.24, 2.45) is 0 Å². The summed E-state index contributed by atoms with van der Waals surface area (Å²) >= 11 is 0. The maximum Gasteiger partial charge on any atom is 0.265 e. The first-order valence-electron chi connectivity index (χ1n) is 5.00. The molecule has 0 fully saturated rings. The fourth-order valence-corrected chi connectivity index (χ4v) is 1.60. The lowest BCUT2D eigenvalue weighted by atomic mass is 10.1. The van der Waals surface area contributed by atoms with Crippen LogP contribution in [0.2, 0.25) is 0 Å². The van der Waals surface area contributed by atoms with E-state index in [0.717, 1.165) is 4.90 Å². The van der Waals surface area contributed by atoms with Crippen LogP contribution in [0.1, 0.15) is 27.1 Å². The minimum Gasteiger partial charge on any atom is -0.396 e. The second-order valence-corrected chi connectivity index (χ2v) is 3.42. The average Bonchev–Trinajstić information content (AvgIpc) is 2.55. The third-order valence-electron chi connectivity index (χ3n) is 2.38. The number of benzene rings is 1. The van der Waals surface area contributed by atoms with Crippen LogP contribution in [0.5, 0.6) is 0 Å². The van der Waals surface area contributed by atoms with Crippen LogP contribution in [0.4, 0.5) is 0 Å². The molecule has 4 nitrogen and oxygen atoms in total. The molecule has 2 amide bonds. The van der Waals surface area contributed by atoms with Crippen molar-refractivity contribution in [3.8, 4) is 0 Å². The number of hydrogen-bond donors (Lipinski definition) is 1. The fraction of sp³-hybridized carbons (Fsp3) is 0.167. The van der Waals surface area contributed by atoms with E-state index >= 15 is 0 Å². The highest BCUT2D eigenvalue weighted by molar-refractivity contribution is 6.21. The molecule has 0 bridgehead atoms. The maximum absolute atomic E-state index is 11.8. The van der Waals surface area contributed by atoms with Gasteiger partial charge in [0.2, 0.25) is 0 Å². The molecule has 16 heavy (non-hydrogen) atoms. The van der Waals surface area contributed by atoms with E-state index in [1.807, 2.05) is 0 Å². The van der Waals surface area contributed by atoms with Gasteiger partial charge in [-0.15, -0.1) is 0 Å². The average molecular weight is 217 g/mol. The lowest BCUT2D eigenvalue weighted by Crippen LogP contribution is -2.23. The Kier molecular flexibility index (Phi) is 2.83. The van der Waals surface area contributed by atoms with Gasteiger partial charge in [0.05, 0.1) is 11.1 Å². The third kappa shape index (κ3) is 1.63. The Labute approximate surface area is 92.8 Å². The van der Waals surface area contributed by atoms with Crippen molar-refractivity contribution in [1.82, 2.24) is 4.90 Å². The zero-order chi connectivity index (χ0) is 11.5. The van der Waals surface area contributed by atoms with Gasteiger partial charge in [-0.2, -0.15) is 0 Å². The van der Waals surface area contributed by atoms with Gasteiger partial charge in [-0.25, -0.2) is 4.90 Å². The summed E-state index contributed by atoms with van der Waals surface area (Å²) in [4.78, 5) is 24.7. The van der Waals surface area contributed by atoms with Gasteiger partial charge in [0.1, 0.15) is 0 Å². The van der Waals surface area contributed by atoms with Crippen molar-refractivity contribution in [2.45, 2.75) is 6.42 Å². The molecule has 1 heterocycles. The normalized spacial score (nSPS) is 14.9. The highest BCUT2D eigenvalue weighted by Gasteiger charge is 2.33. The lowest BCUT2D eigenvalue weighted by molar-refractivity contribution is 0.0721. The molecule has 0 atom stereocenters. The molecule has 0 saturated heterocycles. The minimum absolute atomic E-state index is 0.000328. The molecule has 4 heteroatoms. The summed E-state index contributed by atoms with van der Waals surface area (Å²) in [6.07, 6.45) is 3.44. The fourth-order valence-electron chi connectivity index (χ4n) is 1.60. The number of amides is 2. The van der Waals surface area contributed by atoms with Gasteiger partial charge in [0.25, 0.3) is 11.8 Å². The SMILES string of the molecule is O=C1c2ccccc2C(=O)N1/C=C\CCO. The molecule has 1 aliphatic heterocycles. The number of carbonyl (C=O) groups is 2. The van der Waals surface area contributed by atoms with Crippen LogP contribution in [-0.4, -0.2) is 28.4 Å². The highest BCUT2D eigenvalue weighted by Crippen LogP contribution is 2.22. The smallest absolute Gasteiger partial charge is 0.265 e. The molecular weight excluding hydrogens is 206 g/mol. The molecule has 1 aromatic carbocycles. The zero-order valence-corrected chi connectivity index (χ0v) is 8.59. The maximum atomic E-state index is 11.8. The molecule has 2 rings (SSSR count). The number of rotatable bonds is 3. The van der Waals surface area contributed by atoms with E-state index in [9.17, 15) is 9.59 Å². The Bertz CT molecular complexity index is 430. The third-order valence-corrected chi connectivity index (χ3v) is 2.38. The summed E-state index contributed by atoms with van der Waals surface area (Å²) in [7, 11) is 0. The molecule has 0 unspecified atom stereocenters. The predicted molar refractivity (Wildman–Crippen MR) is 57.8 cm³/mol. The lowest BCUT2D eigenvalue weighted by Gasteiger charge is -2.06. The predicted octanol–water partition coefficient (Wildman–Crippen LogP) is 1.18. The van der Waals surface area contributed by atoms with Crippen molar-refractivity contribution in [3.63, 3.8) is 0 Å². The van der Waals surface area contributed by atoms with Crippen LogP contribution in [-0.2, 0) is 0 Å². The summed E-state index contributed by atoms with van der Waals surface area (Å²) in [5.41, 5.74) is 0.863. The van der Waals surface area contributed by atoms with E-state index in [1.54, 1.807) is 30.3 Å². The van der Waals surface area contributed by atoms with Gasteiger partial charge in [0, 0.05) is 12.8 Å². The number of aliphatic hydroxyl groups is 1. The number of hydrogen-bond acceptors (Lipinski definition) is 3. The Morgan fingerprint density at radius 1 is 1.12 bits per heavy atom. The van der Waals surface area contributed by atoms with E-state index < -0.39 is 0 Å². The van der Waals surface area contributed by atoms with Gasteiger partial charge in [-0.3, -0.25) is 9.59 Å². The zero-order valence-electron chi connectivity index (χ0n) is 8.59. The van der Waals surface area contributed by atoms with Crippen molar-refractivity contribution in [2.75, 3.05) is 6.61 Å². The van der Waals surface area contributed by atoms with Gasteiger partial charge < -0.3 is 5.11 Å². The molecule has 0 aliphatic carbocycles. The second-order valence-electron chi connectivity index (χ2n) is 3.42. The summed E-state index contributed by atoms with van der Waals surface area (Å²) < 4.78 is 0. The Morgan fingerprint density at radius 3 is 2.19 bits per heavy atom. The first-order chi connectivity index (χ1) is 7.75. The van der Waals surface area contributed by atoms with E-state index in [2.05, 4.69) is 0 Å². The quantitative estimate of drug-likeness (QED) is 0.773. The molecule has 0 radical (unpaired) electrons. The van der Waals surface area contributed by atoms with Crippen LogP contribution in [0.3, 0.4) is 0 Å². The van der Waals surface area contributed by atoms with Crippen molar-refractivity contribution >= 4 is 11.8 Å². The van der Waals surface area contributed by atoms with Crippen LogP contribution in [0, 0.1) is 0 Å². The topological polar surface area (TPSA) is 57.6 Å². The van der Waals surface area contributed by atoms with E-state index in [4.69, 9.17) is 5.11 Å². The number of carbonyl (C=O) groups excluding carboxylic acids is 2. The van der Waals surface area contributed by atoms with Gasteiger partial charge in [-0.05, 0) is 18.6 Å². The van der Waals surface area contributed by atoms with E-state index in [-0.39, 0.29) is 18.4 Å². The molecular formula is C12H11NO3. The van der Waals surface area contributed by atoms with Gasteiger partial charge in [-0.1, -0.05) is 18.2 Å². The Morgan fingerprint density at radius 2 is 1.69 bits per heavy atom. The molecule has 82 valence electrons. The van der Waals surface area contributed by atoms with Crippen molar-refractivity contribution in [3.05, 3.63) is 47.7 Å². The van der Waals surface area contributed by atoms with Crippen molar-refractivity contribution in [1.29, 1.82) is 0 Å². The molecule has 0 saturated carbocycles. The largest absolute Gasteiger partial charge is 0.396 e. The van der Waals surface area contributed by atoms with E-state index in [0.29, 0.717) is 17.5 Å². The molecule has 1 aromatic rings. The van der Waals surface area contributed by atoms with Crippen LogP contribution in [0.25, 0.3) is 0 Å². The van der Waals surface area contributed by atoms with Gasteiger partial charge >= 0.3 is 0 Å². The Balaban J connectivity index is 2.28. The van der Waals surface area contributed by atoms with E-state index in [1.165, 1.54) is 6.20 Å².